The highest BCUT2D eigenvalue weighted by Crippen LogP contribution is 2.37. The summed E-state index contributed by atoms with van der Waals surface area (Å²) in [5, 5.41) is 5.47. The lowest BCUT2D eigenvalue weighted by atomic mass is 10.1. The lowest BCUT2D eigenvalue weighted by Gasteiger charge is -2.17. The maximum absolute atomic E-state index is 6.26. The standard InChI is InChI=1S/C23H21BrCl3NO2/c1-29-22-9-8-20(24)19(23(22)30-14-15-2-5-17(25)6-3-15)13-28-11-10-16-4-7-18(26)12-21(16)27/h2-9,12,28H,10-11,13-14H2,1H3. The molecule has 0 amide bonds. The third kappa shape index (κ3) is 6.29. The van der Waals surface area contributed by atoms with E-state index in [1.54, 1.807) is 13.2 Å². The van der Waals surface area contributed by atoms with Gasteiger partial charge < -0.3 is 14.8 Å². The van der Waals surface area contributed by atoms with Crippen molar-refractivity contribution in [2.75, 3.05) is 13.7 Å². The van der Waals surface area contributed by atoms with Crippen molar-refractivity contribution in [3.63, 3.8) is 0 Å². The van der Waals surface area contributed by atoms with Crippen molar-refractivity contribution >= 4 is 50.7 Å². The molecule has 0 radical (unpaired) electrons. The average Bonchev–Trinajstić information content (AvgIpc) is 2.73. The molecule has 0 aromatic heterocycles. The van der Waals surface area contributed by atoms with E-state index in [0.29, 0.717) is 39.7 Å². The minimum atomic E-state index is 0.414. The molecule has 3 rings (SSSR count). The Morgan fingerprint density at radius 3 is 2.37 bits per heavy atom. The number of rotatable bonds is 9. The molecule has 0 aliphatic rings. The third-order valence-electron chi connectivity index (χ3n) is 4.57. The zero-order chi connectivity index (χ0) is 21.5. The second kappa shape index (κ2) is 11.3. The van der Waals surface area contributed by atoms with Gasteiger partial charge >= 0.3 is 0 Å². The first kappa shape index (κ1) is 23.2. The van der Waals surface area contributed by atoms with Crippen LogP contribution >= 0.6 is 50.7 Å². The van der Waals surface area contributed by atoms with Crippen LogP contribution in [0.25, 0.3) is 0 Å². The van der Waals surface area contributed by atoms with Gasteiger partial charge in [-0.05, 0) is 60.5 Å². The molecule has 158 valence electrons. The van der Waals surface area contributed by atoms with E-state index in [-0.39, 0.29) is 0 Å². The molecule has 3 nitrogen and oxygen atoms in total. The Morgan fingerprint density at radius 1 is 0.933 bits per heavy atom. The topological polar surface area (TPSA) is 30.5 Å². The van der Waals surface area contributed by atoms with E-state index in [0.717, 1.165) is 34.1 Å². The van der Waals surface area contributed by atoms with Gasteiger partial charge in [-0.25, -0.2) is 0 Å². The van der Waals surface area contributed by atoms with Gasteiger partial charge in [-0.15, -0.1) is 0 Å². The predicted molar refractivity (Wildman–Crippen MR) is 128 cm³/mol. The van der Waals surface area contributed by atoms with Crippen molar-refractivity contribution in [1.82, 2.24) is 5.32 Å². The molecule has 0 spiro atoms. The smallest absolute Gasteiger partial charge is 0.167 e. The SMILES string of the molecule is COc1ccc(Br)c(CNCCc2ccc(Cl)cc2Cl)c1OCc1ccc(Cl)cc1. The van der Waals surface area contributed by atoms with E-state index < -0.39 is 0 Å². The van der Waals surface area contributed by atoms with Gasteiger partial charge in [-0.2, -0.15) is 0 Å². The van der Waals surface area contributed by atoms with Gasteiger partial charge in [0.15, 0.2) is 11.5 Å². The van der Waals surface area contributed by atoms with Crippen LogP contribution in [0.2, 0.25) is 15.1 Å². The molecule has 0 aliphatic carbocycles. The summed E-state index contributed by atoms with van der Waals surface area (Å²) in [6.45, 7) is 1.78. The van der Waals surface area contributed by atoms with Crippen molar-refractivity contribution in [3.8, 4) is 11.5 Å². The minimum Gasteiger partial charge on any atom is -0.493 e. The normalized spacial score (nSPS) is 10.8. The molecule has 3 aromatic rings. The molecule has 0 saturated heterocycles. The maximum Gasteiger partial charge on any atom is 0.167 e. The number of halogens is 4. The Hall–Kier alpha value is -1.43. The molecule has 7 heteroatoms. The van der Waals surface area contributed by atoms with Gasteiger partial charge in [0.1, 0.15) is 6.61 Å². The fraction of sp³-hybridized carbons (Fsp3) is 0.217. The van der Waals surface area contributed by atoms with Gasteiger partial charge in [0.25, 0.3) is 0 Å². The Balaban J connectivity index is 1.67. The molecule has 0 heterocycles. The predicted octanol–water partition coefficient (Wildman–Crippen LogP) is 7.33. The fourth-order valence-corrected chi connectivity index (χ4v) is 4.04. The zero-order valence-corrected chi connectivity index (χ0v) is 20.2. The van der Waals surface area contributed by atoms with Crippen LogP contribution in [-0.4, -0.2) is 13.7 Å². The second-order valence-electron chi connectivity index (χ2n) is 6.63. The number of nitrogens with one attached hydrogen (secondary N) is 1. The van der Waals surface area contributed by atoms with Crippen LogP contribution in [0.1, 0.15) is 16.7 Å². The van der Waals surface area contributed by atoms with Crippen LogP contribution in [0.3, 0.4) is 0 Å². The number of benzene rings is 3. The van der Waals surface area contributed by atoms with Gasteiger partial charge in [-0.1, -0.05) is 68.9 Å². The summed E-state index contributed by atoms with van der Waals surface area (Å²) < 4.78 is 12.6. The number of hydrogen-bond acceptors (Lipinski definition) is 3. The minimum absolute atomic E-state index is 0.414. The van der Waals surface area contributed by atoms with E-state index in [9.17, 15) is 0 Å². The molecule has 0 saturated carbocycles. The van der Waals surface area contributed by atoms with Crippen LogP contribution in [0, 0.1) is 0 Å². The molecule has 0 fully saturated rings. The first-order valence-corrected chi connectivity index (χ1v) is 11.3. The molecule has 0 aliphatic heterocycles. The molecule has 30 heavy (non-hydrogen) atoms. The van der Waals surface area contributed by atoms with Crippen LogP contribution in [0.5, 0.6) is 11.5 Å². The largest absolute Gasteiger partial charge is 0.493 e. The van der Waals surface area contributed by atoms with Crippen molar-refractivity contribution in [2.24, 2.45) is 0 Å². The van der Waals surface area contributed by atoms with Crippen LogP contribution in [-0.2, 0) is 19.6 Å². The Labute approximate surface area is 200 Å². The van der Waals surface area contributed by atoms with E-state index in [4.69, 9.17) is 44.3 Å². The molecule has 0 bridgehead atoms. The monoisotopic (exact) mass is 527 g/mol. The molecular formula is C23H21BrCl3NO2. The Morgan fingerprint density at radius 2 is 1.67 bits per heavy atom. The molecule has 1 N–H and O–H groups in total. The van der Waals surface area contributed by atoms with Crippen molar-refractivity contribution < 1.29 is 9.47 Å². The van der Waals surface area contributed by atoms with E-state index in [1.165, 1.54) is 0 Å². The number of ether oxygens (including phenoxy) is 2. The molecule has 3 aromatic carbocycles. The lowest BCUT2D eigenvalue weighted by Crippen LogP contribution is -2.18. The summed E-state index contributed by atoms with van der Waals surface area (Å²) in [5.74, 6) is 1.39. The quantitative estimate of drug-likeness (QED) is 0.295. The van der Waals surface area contributed by atoms with Crippen LogP contribution < -0.4 is 14.8 Å². The summed E-state index contributed by atoms with van der Waals surface area (Å²) in [6, 6.07) is 17.0. The van der Waals surface area contributed by atoms with Gasteiger partial charge in [0.2, 0.25) is 0 Å². The maximum atomic E-state index is 6.26. The summed E-state index contributed by atoms with van der Waals surface area (Å²) >= 11 is 21.8. The van der Waals surface area contributed by atoms with Crippen molar-refractivity contribution in [2.45, 2.75) is 19.6 Å². The molecule has 0 unspecified atom stereocenters. The van der Waals surface area contributed by atoms with Crippen LogP contribution in [0.4, 0.5) is 0 Å². The van der Waals surface area contributed by atoms with Gasteiger partial charge in [0.05, 0.1) is 7.11 Å². The van der Waals surface area contributed by atoms with Gasteiger partial charge in [-0.3, -0.25) is 0 Å². The van der Waals surface area contributed by atoms with E-state index in [2.05, 4.69) is 21.2 Å². The molecular weight excluding hydrogens is 509 g/mol. The average molecular weight is 530 g/mol. The highest BCUT2D eigenvalue weighted by Gasteiger charge is 2.15. The summed E-state index contributed by atoms with van der Waals surface area (Å²) in [7, 11) is 1.64. The third-order valence-corrected chi connectivity index (χ3v) is 6.15. The summed E-state index contributed by atoms with van der Waals surface area (Å²) in [6.07, 6.45) is 0.790. The second-order valence-corrected chi connectivity index (χ2v) is 8.77. The number of hydrogen-bond donors (Lipinski definition) is 1. The highest BCUT2D eigenvalue weighted by atomic mass is 79.9. The Bertz CT molecular complexity index is 996. The molecule has 0 atom stereocenters. The lowest BCUT2D eigenvalue weighted by molar-refractivity contribution is 0.280. The fourth-order valence-electron chi connectivity index (χ4n) is 2.96. The first-order valence-electron chi connectivity index (χ1n) is 9.35. The summed E-state index contributed by atoms with van der Waals surface area (Å²) in [4.78, 5) is 0. The number of methoxy groups -OCH3 is 1. The van der Waals surface area contributed by atoms with E-state index >= 15 is 0 Å². The van der Waals surface area contributed by atoms with Crippen molar-refractivity contribution in [1.29, 1.82) is 0 Å². The van der Waals surface area contributed by atoms with E-state index in [1.807, 2.05) is 48.5 Å². The highest BCUT2D eigenvalue weighted by molar-refractivity contribution is 9.10. The van der Waals surface area contributed by atoms with Crippen molar-refractivity contribution in [3.05, 3.63) is 90.8 Å². The zero-order valence-electron chi connectivity index (χ0n) is 16.4. The van der Waals surface area contributed by atoms with Crippen LogP contribution in [0.15, 0.2) is 59.1 Å². The van der Waals surface area contributed by atoms with Gasteiger partial charge in [0, 0.05) is 31.6 Å². The first-order chi connectivity index (χ1) is 14.5. The summed E-state index contributed by atoms with van der Waals surface area (Å²) in [5.41, 5.74) is 3.07. The Kier molecular flexibility index (Phi) is 8.72.